The van der Waals surface area contributed by atoms with Crippen LogP contribution in [0.2, 0.25) is 0 Å². The third-order valence-electron chi connectivity index (χ3n) is 2.60. The number of hydrogen-bond donors (Lipinski definition) is 2. The molecule has 0 fully saturated rings. The average molecular weight is 430 g/mol. The summed E-state index contributed by atoms with van der Waals surface area (Å²) in [6, 6.07) is 13.5. The molecule has 6 heteroatoms. The van der Waals surface area contributed by atoms with Crippen molar-refractivity contribution in [2.24, 2.45) is 0 Å². The number of thiocarbonyl (C=S) groups is 1. The van der Waals surface area contributed by atoms with Crippen molar-refractivity contribution in [1.29, 1.82) is 0 Å². The third-order valence-corrected chi connectivity index (χ3v) is 3.96. The van der Waals surface area contributed by atoms with Crippen molar-refractivity contribution in [3.8, 4) is 5.75 Å². The first kappa shape index (κ1) is 16.3. The summed E-state index contributed by atoms with van der Waals surface area (Å²) >= 11 is 12.2. The predicted molar refractivity (Wildman–Crippen MR) is 99.3 cm³/mol. The van der Waals surface area contributed by atoms with Gasteiger partial charge in [-0.15, -0.1) is 0 Å². The number of hydrogen-bond acceptors (Lipinski definition) is 2. The van der Waals surface area contributed by atoms with Gasteiger partial charge in [-0.05, 0) is 77.5 Å². The van der Waals surface area contributed by atoms with Gasteiger partial charge in [0.15, 0.2) is 5.11 Å². The van der Waals surface area contributed by atoms with E-state index in [0.29, 0.717) is 11.7 Å². The molecule has 0 amide bonds. The van der Waals surface area contributed by atoms with Crippen molar-refractivity contribution in [2.75, 3.05) is 17.2 Å². The lowest BCUT2D eigenvalue weighted by Gasteiger charge is -2.12. The minimum Gasteiger partial charge on any atom is -0.494 e. The van der Waals surface area contributed by atoms with Gasteiger partial charge in [0.25, 0.3) is 0 Å². The molecule has 0 aliphatic carbocycles. The minimum atomic E-state index is 0.530. The van der Waals surface area contributed by atoms with Gasteiger partial charge in [0.2, 0.25) is 0 Å². The number of ether oxygens (including phenoxy) is 1. The normalized spacial score (nSPS) is 10.0. The van der Waals surface area contributed by atoms with Crippen LogP contribution in [-0.4, -0.2) is 11.7 Å². The molecule has 0 radical (unpaired) electrons. The Morgan fingerprint density at radius 2 is 1.81 bits per heavy atom. The van der Waals surface area contributed by atoms with Crippen molar-refractivity contribution in [3.63, 3.8) is 0 Å². The molecule has 0 saturated carbocycles. The molecule has 0 spiro atoms. The Kier molecular flexibility index (Phi) is 6.02. The second-order valence-corrected chi connectivity index (χ2v) is 6.34. The van der Waals surface area contributed by atoms with E-state index < -0.39 is 0 Å². The van der Waals surface area contributed by atoms with E-state index in [9.17, 15) is 0 Å². The van der Waals surface area contributed by atoms with E-state index in [1.165, 1.54) is 0 Å². The zero-order valence-electron chi connectivity index (χ0n) is 11.3. The Bertz CT molecular complexity index is 632. The van der Waals surface area contributed by atoms with Gasteiger partial charge >= 0.3 is 0 Å². The Balaban J connectivity index is 1.98. The van der Waals surface area contributed by atoms with Gasteiger partial charge < -0.3 is 15.4 Å². The Labute approximate surface area is 146 Å². The molecule has 0 bridgehead atoms. The van der Waals surface area contributed by atoms with Crippen molar-refractivity contribution in [3.05, 3.63) is 51.4 Å². The molecule has 0 saturated heterocycles. The second kappa shape index (κ2) is 7.77. The van der Waals surface area contributed by atoms with Crippen LogP contribution in [0.25, 0.3) is 0 Å². The lowest BCUT2D eigenvalue weighted by atomic mass is 10.3. The van der Waals surface area contributed by atoms with Crippen molar-refractivity contribution in [2.45, 2.75) is 6.92 Å². The van der Waals surface area contributed by atoms with Crippen molar-refractivity contribution < 1.29 is 4.74 Å². The average Bonchev–Trinajstić information content (AvgIpc) is 2.44. The van der Waals surface area contributed by atoms with Gasteiger partial charge in [0.05, 0.1) is 12.3 Å². The molecule has 0 aromatic heterocycles. The Morgan fingerprint density at radius 1 is 1.10 bits per heavy atom. The van der Waals surface area contributed by atoms with Crippen LogP contribution in [-0.2, 0) is 0 Å². The number of nitrogens with one attached hydrogen (secondary N) is 2. The maximum Gasteiger partial charge on any atom is 0.175 e. The fraction of sp³-hybridized carbons (Fsp3) is 0.133. The van der Waals surface area contributed by atoms with Crippen LogP contribution in [0.4, 0.5) is 11.4 Å². The largest absolute Gasteiger partial charge is 0.494 e. The summed E-state index contributed by atoms with van der Waals surface area (Å²) in [6.45, 7) is 2.62. The first-order valence-corrected chi connectivity index (χ1v) is 8.34. The minimum absolute atomic E-state index is 0.530. The predicted octanol–water partition coefficient (Wildman–Crippen LogP) is 5.42. The van der Waals surface area contributed by atoms with Gasteiger partial charge in [-0.3, -0.25) is 0 Å². The van der Waals surface area contributed by atoms with Gasteiger partial charge in [0.1, 0.15) is 5.75 Å². The SMILES string of the molecule is CCOc1ccc(NC(=S)Nc2ccc(Br)cc2Br)cc1. The summed E-state index contributed by atoms with van der Waals surface area (Å²) in [7, 11) is 0. The molecule has 0 heterocycles. The molecule has 0 aliphatic rings. The number of benzene rings is 2. The Morgan fingerprint density at radius 3 is 2.43 bits per heavy atom. The first-order chi connectivity index (χ1) is 10.1. The first-order valence-electron chi connectivity index (χ1n) is 6.34. The van der Waals surface area contributed by atoms with Crippen LogP contribution in [0.5, 0.6) is 5.75 Å². The molecule has 110 valence electrons. The van der Waals surface area contributed by atoms with E-state index >= 15 is 0 Å². The Hall–Kier alpha value is -1.11. The smallest absolute Gasteiger partial charge is 0.175 e. The molecule has 21 heavy (non-hydrogen) atoms. The van der Waals surface area contributed by atoms with E-state index in [2.05, 4.69) is 42.5 Å². The summed E-state index contributed by atoms with van der Waals surface area (Å²) < 4.78 is 7.34. The molecule has 0 aliphatic heterocycles. The molecular weight excluding hydrogens is 416 g/mol. The monoisotopic (exact) mass is 428 g/mol. The van der Waals surface area contributed by atoms with E-state index in [1.54, 1.807) is 0 Å². The summed E-state index contributed by atoms with van der Waals surface area (Å²) in [5.74, 6) is 0.845. The highest BCUT2D eigenvalue weighted by molar-refractivity contribution is 9.11. The van der Waals surface area contributed by atoms with Crippen LogP contribution < -0.4 is 15.4 Å². The quantitative estimate of drug-likeness (QED) is 0.635. The van der Waals surface area contributed by atoms with Gasteiger partial charge in [0, 0.05) is 14.6 Å². The summed E-state index contributed by atoms with van der Waals surface area (Å²) in [5.41, 5.74) is 1.81. The fourth-order valence-corrected chi connectivity index (χ4v) is 3.05. The second-order valence-electron chi connectivity index (χ2n) is 4.16. The lowest BCUT2D eigenvalue weighted by molar-refractivity contribution is 0.340. The van der Waals surface area contributed by atoms with Crippen molar-refractivity contribution in [1.82, 2.24) is 0 Å². The maximum absolute atomic E-state index is 5.40. The highest BCUT2D eigenvalue weighted by atomic mass is 79.9. The van der Waals surface area contributed by atoms with E-state index in [4.69, 9.17) is 17.0 Å². The number of rotatable bonds is 4. The summed E-state index contributed by atoms with van der Waals surface area (Å²) in [6.07, 6.45) is 0. The maximum atomic E-state index is 5.40. The molecular formula is C15H14Br2N2OS. The van der Waals surface area contributed by atoms with Crippen LogP contribution in [0.15, 0.2) is 51.4 Å². The van der Waals surface area contributed by atoms with Gasteiger partial charge in [-0.1, -0.05) is 15.9 Å². The number of halogens is 2. The molecule has 2 aromatic rings. The number of anilines is 2. The third kappa shape index (κ3) is 4.98. The molecule has 2 aromatic carbocycles. The molecule has 0 atom stereocenters. The summed E-state index contributed by atoms with van der Waals surface area (Å²) in [4.78, 5) is 0. The van der Waals surface area contributed by atoms with Crippen LogP contribution in [0.1, 0.15) is 6.92 Å². The standard InChI is InChI=1S/C15H14Br2N2OS/c1-2-20-12-6-4-11(5-7-12)18-15(21)19-14-8-3-10(16)9-13(14)17/h3-9H,2H2,1H3,(H2,18,19,21). The van der Waals surface area contributed by atoms with Crippen LogP contribution in [0.3, 0.4) is 0 Å². The fourth-order valence-electron chi connectivity index (χ4n) is 1.68. The topological polar surface area (TPSA) is 33.3 Å². The van der Waals surface area contributed by atoms with E-state index in [1.807, 2.05) is 49.4 Å². The lowest BCUT2D eigenvalue weighted by Crippen LogP contribution is -2.19. The molecule has 0 unspecified atom stereocenters. The van der Waals surface area contributed by atoms with Gasteiger partial charge in [-0.2, -0.15) is 0 Å². The van der Waals surface area contributed by atoms with E-state index in [0.717, 1.165) is 26.1 Å². The zero-order chi connectivity index (χ0) is 15.2. The highest BCUT2D eigenvalue weighted by Gasteiger charge is 2.03. The van der Waals surface area contributed by atoms with E-state index in [-0.39, 0.29) is 0 Å². The van der Waals surface area contributed by atoms with Crippen molar-refractivity contribution >= 4 is 60.6 Å². The zero-order valence-corrected chi connectivity index (χ0v) is 15.3. The molecule has 3 nitrogen and oxygen atoms in total. The molecule has 2 N–H and O–H groups in total. The van der Waals surface area contributed by atoms with Crippen LogP contribution in [0, 0.1) is 0 Å². The van der Waals surface area contributed by atoms with Gasteiger partial charge in [-0.25, -0.2) is 0 Å². The highest BCUT2D eigenvalue weighted by Crippen LogP contribution is 2.26. The van der Waals surface area contributed by atoms with Crippen LogP contribution >= 0.6 is 44.1 Å². The molecule has 2 rings (SSSR count). The summed E-state index contributed by atoms with van der Waals surface area (Å²) in [5, 5.41) is 6.81.